The van der Waals surface area contributed by atoms with E-state index >= 15 is 0 Å². The number of alkyl halides is 2. The van der Waals surface area contributed by atoms with Crippen LogP contribution in [0.3, 0.4) is 0 Å². The Hall–Kier alpha value is -2.47. The van der Waals surface area contributed by atoms with Crippen molar-refractivity contribution in [2.24, 2.45) is 0 Å². The summed E-state index contributed by atoms with van der Waals surface area (Å²) >= 11 is 1.07. The van der Waals surface area contributed by atoms with Crippen LogP contribution in [0.2, 0.25) is 0 Å². The zero-order chi connectivity index (χ0) is 18.0. The highest BCUT2D eigenvalue weighted by Gasteiger charge is 2.22. The summed E-state index contributed by atoms with van der Waals surface area (Å²) in [5, 5.41) is 7.22. The van der Waals surface area contributed by atoms with Gasteiger partial charge in [0.1, 0.15) is 9.88 Å². The van der Waals surface area contributed by atoms with Crippen LogP contribution in [0, 0.1) is 0 Å². The van der Waals surface area contributed by atoms with E-state index in [-0.39, 0.29) is 12.4 Å². The Morgan fingerprint density at radius 2 is 2.12 bits per heavy atom. The van der Waals surface area contributed by atoms with Crippen molar-refractivity contribution in [2.75, 3.05) is 10.6 Å². The van der Waals surface area contributed by atoms with Crippen molar-refractivity contribution in [1.29, 1.82) is 0 Å². The van der Waals surface area contributed by atoms with Gasteiger partial charge in [-0.15, -0.1) is 21.5 Å². The average Bonchev–Trinajstić information content (AvgIpc) is 3.21. The first-order valence-corrected chi connectivity index (χ1v) is 9.45. The van der Waals surface area contributed by atoms with Gasteiger partial charge in [0.05, 0.1) is 30.9 Å². The Bertz CT molecular complexity index is 959. The van der Waals surface area contributed by atoms with E-state index in [1.807, 2.05) is 0 Å². The van der Waals surface area contributed by atoms with E-state index in [2.05, 4.69) is 20.2 Å². The molecule has 3 heterocycles. The fourth-order valence-corrected chi connectivity index (χ4v) is 3.69. The molecule has 0 atom stereocenters. The summed E-state index contributed by atoms with van der Waals surface area (Å²) in [7, 11) is -3.57. The highest BCUT2D eigenvalue weighted by Crippen LogP contribution is 2.29. The largest absolute Gasteiger partial charge is 0.414 e. The maximum absolute atomic E-state index is 12.5. The molecule has 0 unspecified atom stereocenters. The first kappa shape index (κ1) is 17.4. The van der Waals surface area contributed by atoms with Crippen LogP contribution in [-0.4, -0.2) is 34.8 Å². The van der Waals surface area contributed by atoms with Gasteiger partial charge in [-0.3, -0.25) is 9.29 Å². The Balaban J connectivity index is 1.86. The van der Waals surface area contributed by atoms with Crippen molar-refractivity contribution in [3.63, 3.8) is 0 Å². The van der Waals surface area contributed by atoms with Crippen LogP contribution < -0.4 is 4.31 Å². The number of sulfonamides is 1. The number of anilines is 1. The van der Waals surface area contributed by atoms with Gasteiger partial charge in [0.15, 0.2) is 0 Å². The second-order valence-electron chi connectivity index (χ2n) is 4.85. The Morgan fingerprint density at radius 1 is 1.32 bits per heavy atom. The minimum atomic E-state index is -3.57. The zero-order valence-electron chi connectivity index (χ0n) is 12.7. The molecule has 0 aliphatic carbocycles. The summed E-state index contributed by atoms with van der Waals surface area (Å²) in [5.41, 5.74) is 0.388. The molecule has 0 aliphatic heterocycles. The number of hydrogen-bond acceptors (Lipinski definition) is 8. The minimum absolute atomic E-state index is 0.0367. The van der Waals surface area contributed by atoms with Gasteiger partial charge in [0.2, 0.25) is 10.0 Å². The number of pyridine rings is 1. The van der Waals surface area contributed by atoms with Gasteiger partial charge in [0.25, 0.3) is 11.8 Å². The fourth-order valence-electron chi connectivity index (χ4n) is 1.93. The number of halogens is 2. The molecule has 0 aromatic carbocycles. The van der Waals surface area contributed by atoms with Gasteiger partial charge in [-0.05, 0) is 12.1 Å². The quantitative estimate of drug-likeness (QED) is 0.640. The summed E-state index contributed by atoms with van der Waals surface area (Å²) in [4.78, 5) is 8.38. The van der Waals surface area contributed by atoms with Crippen molar-refractivity contribution in [1.82, 2.24) is 20.2 Å². The van der Waals surface area contributed by atoms with Crippen LogP contribution in [-0.2, 0) is 16.6 Å². The van der Waals surface area contributed by atoms with Crippen molar-refractivity contribution in [2.45, 2.75) is 13.0 Å². The molecule has 0 spiro atoms. The Kier molecular flexibility index (Phi) is 4.72. The predicted molar refractivity (Wildman–Crippen MR) is 85.6 cm³/mol. The van der Waals surface area contributed by atoms with E-state index in [1.165, 1.54) is 18.6 Å². The van der Waals surface area contributed by atoms with Gasteiger partial charge in [-0.2, -0.15) is 8.78 Å². The third kappa shape index (κ3) is 3.96. The van der Waals surface area contributed by atoms with E-state index < -0.39 is 22.3 Å². The van der Waals surface area contributed by atoms with Crippen LogP contribution in [0.15, 0.2) is 35.1 Å². The van der Waals surface area contributed by atoms with E-state index in [0.717, 1.165) is 21.9 Å². The average molecular weight is 387 g/mol. The molecular weight excluding hydrogens is 376 g/mol. The van der Waals surface area contributed by atoms with Gasteiger partial charge < -0.3 is 4.42 Å². The number of hydrogen-bond donors (Lipinski definition) is 0. The van der Waals surface area contributed by atoms with Crippen molar-refractivity contribution < 1.29 is 21.6 Å². The maximum atomic E-state index is 12.5. The van der Waals surface area contributed by atoms with Crippen LogP contribution >= 0.6 is 11.3 Å². The highest BCUT2D eigenvalue weighted by molar-refractivity contribution is 7.92. The molecule has 0 fully saturated rings. The Morgan fingerprint density at radius 3 is 2.72 bits per heavy atom. The standard InChI is InChI=1S/C13H11F2N5O3S2/c1-25(21,22)20(8-3-2-4-16-5-8)7-10-17-6-9(24-10)12-18-19-13(23-12)11(14)15/h2-6,11H,7H2,1H3. The molecular formula is C13H11F2N5O3S2. The predicted octanol–water partition coefficient (Wildman–Crippen LogP) is 2.49. The molecule has 0 saturated heterocycles. The van der Waals surface area contributed by atoms with Crippen molar-refractivity contribution >= 4 is 27.0 Å². The lowest BCUT2D eigenvalue weighted by Crippen LogP contribution is -2.29. The summed E-state index contributed by atoms with van der Waals surface area (Å²) in [5.74, 6) is -0.871. The van der Waals surface area contributed by atoms with Crippen LogP contribution in [0.25, 0.3) is 10.8 Å². The minimum Gasteiger partial charge on any atom is -0.414 e. The third-order valence-corrected chi connectivity index (χ3v) is 5.12. The van der Waals surface area contributed by atoms with E-state index in [4.69, 9.17) is 4.42 Å². The molecule has 0 amide bonds. The molecule has 8 nitrogen and oxygen atoms in total. The van der Waals surface area contributed by atoms with E-state index in [1.54, 1.807) is 12.1 Å². The molecule has 0 bridgehead atoms. The molecule has 3 aromatic heterocycles. The molecule has 3 rings (SSSR count). The molecule has 25 heavy (non-hydrogen) atoms. The van der Waals surface area contributed by atoms with E-state index in [0.29, 0.717) is 15.6 Å². The highest BCUT2D eigenvalue weighted by atomic mass is 32.2. The van der Waals surface area contributed by atoms with Gasteiger partial charge in [-0.1, -0.05) is 0 Å². The third-order valence-electron chi connectivity index (χ3n) is 3.00. The summed E-state index contributed by atoms with van der Waals surface area (Å²) in [6.45, 7) is -0.0367. The number of rotatable bonds is 6. The number of thiazole rings is 1. The van der Waals surface area contributed by atoms with Crippen LogP contribution in [0.5, 0.6) is 0 Å². The molecule has 0 N–H and O–H groups in total. The van der Waals surface area contributed by atoms with Gasteiger partial charge in [0, 0.05) is 6.20 Å². The van der Waals surface area contributed by atoms with Crippen molar-refractivity contribution in [3.8, 4) is 10.8 Å². The Labute approximate surface area is 145 Å². The number of nitrogens with zero attached hydrogens (tertiary/aromatic N) is 5. The van der Waals surface area contributed by atoms with Crippen LogP contribution in [0.4, 0.5) is 14.5 Å². The molecule has 0 radical (unpaired) electrons. The van der Waals surface area contributed by atoms with Crippen molar-refractivity contribution in [3.05, 3.63) is 41.6 Å². The lowest BCUT2D eigenvalue weighted by Gasteiger charge is -2.20. The SMILES string of the molecule is CS(=O)(=O)N(Cc1ncc(-c2nnc(C(F)F)o2)s1)c1cccnc1. The zero-order valence-corrected chi connectivity index (χ0v) is 14.3. The summed E-state index contributed by atoms with van der Waals surface area (Å²) < 4.78 is 55.1. The summed E-state index contributed by atoms with van der Waals surface area (Å²) in [6.07, 6.45) is 2.53. The second kappa shape index (κ2) is 6.80. The smallest absolute Gasteiger partial charge is 0.314 e. The van der Waals surface area contributed by atoms with Gasteiger partial charge >= 0.3 is 6.43 Å². The lowest BCUT2D eigenvalue weighted by atomic mass is 10.4. The normalized spacial score (nSPS) is 11.8. The topological polar surface area (TPSA) is 102 Å². The fraction of sp³-hybridized carbons (Fsp3) is 0.231. The molecule has 3 aromatic rings. The van der Waals surface area contributed by atoms with Crippen LogP contribution in [0.1, 0.15) is 17.3 Å². The monoisotopic (exact) mass is 387 g/mol. The first-order valence-electron chi connectivity index (χ1n) is 6.79. The second-order valence-corrected chi connectivity index (χ2v) is 7.87. The summed E-state index contributed by atoms with van der Waals surface area (Å²) in [6, 6.07) is 3.22. The molecule has 12 heteroatoms. The molecule has 0 saturated carbocycles. The van der Waals surface area contributed by atoms with E-state index in [9.17, 15) is 17.2 Å². The number of aromatic nitrogens is 4. The lowest BCUT2D eigenvalue weighted by molar-refractivity contribution is 0.116. The van der Waals surface area contributed by atoms with Gasteiger partial charge in [-0.25, -0.2) is 13.4 Å². The molecule has 132 valence electrons. The molecule has 0 aliphatic rings. The first-order chi connectivity index (χ1) is 11.8. The maximum Gasteiger partial charge on any atom is 0.314 e.